The van der Waals surface area contributed by atoms with Gasteiger partial charge in [-0.2, -0.15) is 0 Å². The number of rotatable bonds is 4. The first-order valence-corrected chi connectivity index (χ1v) is 10.8. The summed E-state index contributed by atoms with van der Waals surface area (Å²) in [4.78, 5) is 25.9. The van der Waals surface area contributed by atoms with E-state index in [1.165, 1.54) is 29.7 Å². The number of thiazole rings is 1. The van der Waals surface area contributed by atoms with Gasteiger partial charge in [0.05, 0.1) is 23.1 Å². The van der Waals surface area contributed by atoms with Crippen LogP contribution in [0.3, 0.4) is 0 Å². The topological polar surface area (TPSA) is 67.8 Å². The van der Waals surface area contributed by atoms with Gasteiger partial charge in [0.25, 0.3) is 5.91 Å². The Morgan fingerprint density at radius 3 is 2.97 bits per heavy atom. The molecule has 3 heterocycles. The Hall–Kier alpha value is -3.45. The average Bonchev–Trinajstić information content (AvgIpc) is 3.28. The molecule has 0 radical (unpaired) electrons. The Labute approximate surface area is 182 Å². The number of pyridine rings is 2. The zero-order valence-corrected chi connectivity index (χ0v) is 17.6. The van der Waals surface area contributed by atoms with E-state index in [2.05, 4.69) is 46.5 Å². The lowest BCUT2D eigenvalue weighted by atomic mass is 9.84. The predicted octanol–water partition coefficient (Wildman–Crippen LogP) is 3.08. The minimum atomic E-state index is -0.444. The standard InChI is InChI=1S/C24H19FN4OS/c1-24(9-8-16-11-15-5-2-3-7-18(15)28-19(16)12-24)23-29-21(14-31-23)22(30)27-13-20-17(25)6-4-10-26-20/h2-8,10-12,14H,9,13H2,1H3,(H,27,30). The van der Waals surface area contributed by atoms with E-state index in [1.807, 2.05) is 18.2 Å². The van der Waals surface area contributed by atoms with Gasteiger partial charge < -0.3 is 5.32 Å². The number of hydrogen-bond acceptors (Lipinski definition) is 5. The van der Waals surface area contributed by atoms with Crippen LogP contribution in [-0.2, 0) is 12.0 Å². The summed E-state index contributed by atoms with van der Waals surface area (Å²) < 4.78 is 13.7. The van der Waals surface area contributed by atoms with Crippen molar-refractivity contribution in [2.24, 2.45) is 0 Å². The third-order valence-corrected chi connectivity index (χ3v) is 6.58. The second-order valence-corrected chi connectivity index (χ2v) is 8.64. The van der Waals surface area contributed by atoms with Gasteiger partial charge in [-0.05, 0) is 48.9 Å². The zero-order chi connectivity index (χ0) is 21.4. The van der Waals surface area contributed by atoms with Crippen LogP contribution in [0.4, 0.5) is 4.39 Å². The summed E-state index contributed by atoms with van der Waals surface area (Å²) in [6.07, 6.45) is 6.59. The van der Waals surface area contributed by atoms with Crippen LogP contribution in [0.1, 0.15) is 34.5 Å². The molecule has 4 aromatic rings. The number of halogens is 1. The van der Waals surface area contributed by atoms with Crippen LogP contribution >= 0.6 is 11.3 Å². The smallest absolute Gasteiger partial charge is 0.271 e. The second kappa shape index (κ2) is 7.67. The van der Waals surface area contributed by atoms with E-state index in [4.69, 9.17) is 4.98 Å². The van der Waals surface area contributed by atoms with Crippen LogP contribution in [0, 0.1) is 5.82 Å². The van der Waals surface area contributed by atoms with E-state index in [9.17, 15) is 9.18 Å². The van der Waals surface area contributed by atoms with E-state index < -0.39 is 5.82 Å². The van der Waals surface area contributed by atoms with Crippen LogP contribution < -0.4 is 15.9 Å². The van der Waals surface area contributed by atoms with Crippen molar-refractivity contribution in [2.75, 3.05) is 0 Å². The van der Waals surface area contributed by atoms with Gasteiger partial charge in [0.1, 0.15) is 16.5 Å². The highest BCUT2D eigenvalue weighted by Crippen LogP contribution is 2.33. The van der Waals surface area contributed by atoms with Crippen molar-refractivity contribution >= 4 is 40.3 Å². The molecule has 0 saturated carbocycles. The fraction of sp³-hybridized carbons (Fsp3) is 0.167. The first-order valence-electron chi connectivity index (χ1n) is 9.94. The minimum Gasteiger partial charge on any atom is -0.345 e. The number of benzene rings is 1. The molecule has 0 saturated heterocycles. The summed E-state index contributed by atoms with van der Waals surface area (Å²) in [7, 11) is 0. The number of carbonyl (C=O) groups is 1. The monoisotopic (exact) mass is 430 g/mol. The van der Waals surface area contributed by atoms with Gasteiger partial charge in [-0.1, -0.05) is 24.3 Å². The third kappa shape index (κ3) is 3.72. The first kappa shape index (κ1) is 19.5. The summed E-state index contributed by atoms with van der Waals surface area (Å²) >= 11 is 1.45. The molecule has 31 heavy (non-hydrogen) atoms. The molecular formula is C24H19FN4OS. The van der Waals surface area contributed by atoms with Crippen molar-refractivity contribution in [1.29, 1.82) is 0 Å². The van der Waals surface area contributed by atoms with Gasteiger partial charge >= 0.3 is 0 Å². The molecule has 0 fully saturated rings. The average molecular weight is 431 g/mol. The van der Waals surface area contributed by atoms with Crippen LogP contribution in [-0.4, -0.2) is 20.9 Å². The number of carbonyl (C=O) groups excluding carboxylic acids is 1. The zero-order valence-electron chi connectivity index (χ0n) is 16.8. The fourth-order valence-corrected chi connectivity index (χ4v) is 4.65. The fourth-order valence-electron chi connectivity index (χ4n) is 3.70. The highest BCUT2D eigenvalue weighted by molar-refractivity contribution is 7.10. The summed E-state index contributed by atoms with van der Waals surface area (Å²) in [5, 5.41) is 8.44. The van der Waals surface area contributed by atoms with Gasteiger partial charge in [-0.3, -0.25) is 9.78 Å². The number of para-hydroxylation sites is 1. The Kier molecular flexibility index (Phi) is 4.82. The summed E-state index contributed by atoms with van der Waals surface area (Å²) in [5.74, 6) is -0.791. The summed E-state index contributed by atoms with van der Waals surface area (Å²) in [5.41, 5.74) is 1.13. The Morgan fingerprint density at radius 1 is 1.23 bits per heavy atom. The van der Waals surface area contributed by atoms with Gasteiger partial charge in [0.2, 0.25) is 0 Å². The molecule has 1 amide bonds. The Bertz CT molecular complexity index is 1430. The van der Waals surface area contributed by atoms with Gasteiger partial charge in [-0.15, -0.1) is 11.3 Å². The molecule has 1 aliphatic carbocycles. The molecule has 1 N–H and O–H groups in total. The van der Waals surface area contributed by atoms with Crippen molar-refractivity contribution in [2.45, 2.75) is 25.3 Å². The molecule has 1 unspecified atom stereocenters. The lowest BCUT2D eigenvalue weighted by Crippen LogP contribution is -2.37. The van der Waals surface area contributed by atoms with Crippen molar-refractivity contribution in [3.63, 3.8) is 0 Å². The molecule has 5 rings (SSSR count). The van der Waals surface area contributed by atoms with Gasteiger partial charge in [0, 0.05) is 22.4 Å². The largest absolute Gasteiger partial charge is 0.345 e. The molecule has 1 aromatic carbocycles. The molecule has 3 aromatic heterocycles. The van der Waals surface area contributed by atoms with Crippen LogP contribution in [0.2, 0.25) is 0 Å². The maximum atomic E-state index is 13.7. The maximum absolute atomic E-state index is 13.7. The highest BCUT2D eigenvalue weighted by atomic mass is 32.1. The number of fused-ring (bicyclic) bond motifs is 2. The first-order chi connectivity index (χ1) is 15.0. The molecule has 0 aliphatic heterocycles. The minimum absolute atomic E-state index is 0.0138. The van der Waals surface area contributed by atoms with Crippen LogP contribution in [0.25, 0.3) is 23.1 Å². The maximum Gasteiger partial charge on any atom is 0.271 e. The molecule has 5 nitrogen and oxygen atoms in total. The van der Waals surface area contributed by atoms with E-state index in [1.54, 1.807) is 5.38 Å². The predicted molar refractivity (Wildman–Crippen MR) is 119 cm³/mol. The number of nitrogens with zero attached hydrogens (tertiary/aromatic N) is 3. The number of aromatic nitrogens is 3. The molecule has 0 bridgehead atoms. The molecule has 0 spiro atoms. The lowest BCUT2D eigenvalue weighted by molar-refractivity contribution is 0.0945. The van der Waals surface area contributed by atoms with E-state index >= 15 is 0 Å². The summed E-state index contributed by atoms with van der Waals surface area (Å²) in [6.45, 7) is 2.12. The number of amides is 1. The SMILES string of the molecule is CC1(c2nc(C(=O)NCc3ncccc3F)cs2)C=c2nc3ccccc3cc2=CC1. The third-order valence-electron chi connectivity index (χ3n) is 5.46. The normalized spacial score (nSPS) is 17.5. The molecule has 7 heteroatoms. The van der Waals surface area contributed by atoms with Crippen molar-refractivity contribution in [3.8, 4) is 0 Å². The molecular weight excluding hydrogens is 411 g/mol. The van der Waals surface area contributed by atoms with Gasteiger partial charge in [0.15, 0.2) is 0 Å². The van der Waals surface area contributed by atoms with Gasteiger partial charge in [-0.25, -0.2) is 14.4 Å². The van der Waals surface area contributed by atoms with E-state index in [0.717, 1.165) is 32.9 Å². The van der Waals surface area contributed by atoms with Crippen molar-refractivity contribution < 1.29 is 9.18 Å². The molecule has 1 atom stereocenters. The lowest BCUT2D eigenvalue weighted by Gasteiger charge is -2.24. The Balaban J connectivity index is 1.40. The summed E-state index contributed by atoms with van der Waals surface area (Å²) in [6, 6.07) is 13.1. The molecule has 154 valence electrons. The van der Waals surface area contributed by atoms with E-state index in [-0.39, 0.29) is 23.6 Å². The second-order valence-electron chi connectivity index (χ2n) is 7.78. The van der Waals surface area contributed by atoms with Crippen LogP contribution in [0.5, 0.6) is 0 Å². The van der Waals surface area contributed by atoms with Crippen molar-refractivity contribution in [1.82, 2.24) is 20.3 Å². The number of hydrogen-bond donors (Lipinski definition) is 1. The molecule has 1 aliphatic rings. The highest BCUT2D eigenvalue weighted by Gasteiger charge is 2.29. The van der Waals surface area contributed by atoms with Crippen LogP contribution in [0.15, 0.2) is 54.0 Å². The quantitative estimate of drug-likeness (QED) is 0.540. The Morgan fingerprint density at radius 2 is 2.10 bits per heavy atom. The number of nitrogens with one attached hydrogen (secondary N) is 1. The van der Waals surface area contributed by atoms with E-state index in [0.29, 0.717) is 5.69 Å². The van der Waals surface area contributed by atoms with Crippen molar-refractivity contribution in [3.05, 3.63) is 86.8 Å².